The van der Waals surface area contributed by atoms with Crippen molar-refractivity contribution in [3.63, 3.8) is 0 Å². The minimum absolute atomic E-state index is 0.504. The van der Waals surface area contributed by atoms with Gasteiger partial charge >= 0.3 is 0 Å². The molecule has 1 saturated heterocycles. The lowest BCUT2D eigenvalue weighted by Gasteiger charge is -2.32. The van der Waals surface area contributed by atoms with Crippen LogP contribution in [0.2, 0.25) is 0 Å². The maximum Gasteiger partial charge on any atom is 0.0642 e. The first kappa shape index (κ1) is 11.5. The lowest BCUT2D eigenvalue weighted by Crippen LogP contribution is -2.35. The summed E-state index contributed by atoms with van der Waals surface area (Å²) in [6, 6.07) is 0. The van der Waals surface area contributed by atoms with E-state index in [0.717, 1.165) is 26.3 Å². The molecule has 1 fully saturated rings. The summed E-state index contributed by atoms with van der Waals surface area (Å²) in [5.74, 6) is 1.14. The van der Waals surface area contributed by atoms with E-state index in [2.05, 4.69) is 43.6 Å². The van der Waals surface area contributed by atoms with Crippen LogP contribution >= 0.6 is 0 Å². The van der Waals surface area contributed by atoms with E-state index in [-0.39, 0.29) is 0 Å². The van der Waals surface area contributed by atoms with Crippen LogP contribution in [0.3, 0.4) is 0 Å². The molecule has 0 spiro atoms. The third-order valence-corrected chi connectivity index (χ3v) is 3.33. The third-order valence-electron chi connectivity index (χ3n) is 3.33. The standard InChI is InChI=1S/C14H21NO/c1-11(2)14-5-4-13(10-12(14)3)15-6-8-16-9-7-15/h4-5,10-11,14H,3,6-9H2,1-2H3. The number of allylic oxidation sites excluding steroid dienone is 4. The molecule has 0 saturated carbocycles. The smallest absolute Gasteiger partial charge is 0.0642 e. The summed E-state index contributed by atoms with van der Waals surface area (Å²) in [6.45, 7) is 12.3. The molecule has 0 radical (unpaired) electrons. The Bertz CT molecular complexity index is 322. The number of rotatable bonds is 2. The molecule has 2 rings (SSSR count). The van der Waals surface area contributed by atoms with Gasteiger partial charge in [0.15, 0.2) is 0 Å². The fourth-order valence-corrected chi connectivity index (χ4v) is 2.33. The van der Waals surface area contributed by atoms with E-state index < -0.39 is 0 Å². The van der Waals surface area contributed by atoms with Crippen molar-refractivity contribution in [1.82, 2.24) is 4.90 Å². The van der Waals surface area contributed by atoms with Gasteiger partial charge in [0.05, 0.1) is 13.2 Å². The van der Waals surface area contributed by atoms with Crippen molar-refractivity contribution in [3.8, 4) is 0 Å². The Morgan fingerprint density at radius 2 is 2.06 bits per heavy atom. The van der Waals surface area contributed by atoms with Crippen LogP contribution in [0.15, 0.2) is 36.1 Å². The van der Waals surface area contributed by atoms with Crippen molar-refractivity contribution in [1.29, 1.82) is 0 Å². The van der Waals surface area contributed by atoms with Crippen LogP contribution in [0.4, 0.5) is 0 Å². The van der Waals surface area contributed by atoms with Crippen LogP contribution in [0.5, 0.6) is 0 Å². The van der Waals surface area contributed by atoms with Crippen LogP contribution in [0, 0.1) is 11.8 Å². The maximum absolute atomic E-state index is 5.36. The molecule has 0 bridgehead atoms. The summed E-state index contributed by atoms with van der Waals surface area (Å²) in [5.41, 5.74) is 2.53. The summed E-state index contributed by atoms with van der Waals surface area (Å²) in [7, 11) is 0. The SMILES string of the molecule is C=C1C=C(N2CCOCC2)C=CC1C(C)C. The molecular formula is C14H21NO. The second kappa shape index (κ2) is 4.88. The highest BCUT2D eigenvalue weighted by Crippen LogP contribution is 2.28. The van der Waals surface area contributed by atoms with Gasteiger partial charge in [-0.1, -0.05) is 26.5 Å². The zero-order valence-electron chi connectivity index (χ0n) is 10.3. The Balaban J connectivity index is 2.06. The Labute approximate surface area is 98.3 Å². The zero-order valence-corrected chi connectivity index (χ0v) is 10.3. The van der Waals surface area contributed by atoms with Gasteiger partial charge in [-0.2, -0.15) is 0 Å². The summed E-state index contributed by atoms with van der Waals surface area (Å²) in [6.07, 6.45) is 6.76. The van der Waals surface area contributed by atoms with Crippen molar-refractivity contribution in [2.45, 2.75) is 13.8 Å². The van der Waals surface area contributed by atoms with Crippen LogP contribution in [-0.2, 0) is 4.74 Å². The summed E-state index contributed by atoms with van der Waals surface area (Å²) in [4.78, 5) is 2.38. The molecule has 1 aliphatic carbocycles. The minimum Gasteiger partial charge on any atom is -0.378 e. The quantitative estimate of drug-likeness (QED) is 0.708. The molecule has 1 atom stereocenters. The van der Waals surface area contributed by atoms with Gasteiger partial charge in [-0.3, -0.25) is 0 Å². The Kier molecular flexibility index (Phi) is 3.49. The number of ether oxygens (including phenoxy) is 1. The van der Waals surface area contributed by atoms with Crippen molar-refractivity contribution in [2.24, 2.45) is 11.8 Å². The van der Waals surface area contributed by atoms with Crippen LogP contribution in [0.25, 0.3) is 0 Å². The highest BCUT2D eigenvalue weighted by molar-refractivity contribution is 5.37. The summed E-state index contributed by atoms with van der Waals surface area (Å²) in [5, 5.41) is 0. The van der Waals surface area contributed by atoms with Crippen LogP contribution in [-0.4, -0.2) is 31.2 Å². The molecule has 16 heavy (non-hydrogen) atoms. The van der Waals surface area contributed by atoms with Gasteiger partial charge in [-0.25, -0.2) is 0 Å². The van der Waals surface area contributed by atoms with Crippen molar-refractivity contribution in [2.75, 3.05) is 26.3 Å². The fraction of sp³-hybridized carbons (Fsp3) is 0.571. The third kappa shape index (κ3) is 2.38. The molecule has 0 aromatic rings. The Hall–Kier alpha value is -1.02. The number of hydrogen-bond donors (Lipinski definition) is 0. The van der Waals surface area contributed by atoms with Crippen molar-refractivity contribution in [3.05, 3.63) is 36.1 Å². The van der Waals surface area contributed by atoms with E-state index in [4.69, 9.17) is 4.74 Å². The summed E-state index contributed by atoms with van der Waals surface area (Å²) >= 11 is 0. The highest BCUT2D eigenvalue weighted by Gasteiger charge is 2.19. The minimum atomic E-state index is 0.504. The Morgan fingerprint density at radius 1 is 1.38 bits per heavy atom. The van der Waals surface area contributed by atoms with E-state index in [9.17, 15) is 0 Å². The first-order chi connectivity index (χ1) is 7.68. The Morgan fingerprint density at radius 3 is 2.62 bits per heavy atom. The lowest BCUT2D eigenvalue weighted by molar-refractivity contribution is 0.0552. The predicted octanol–water partition coefficient (Wildman–Crippen LogP) is 2.60. The van der Waals surface area contributed by atoms with Crippen molar-refractivity contribution < 1.29 is 4.74 Å². The van der Waals surface area contributed by atoms with E-state index >= 15 is 0 Å². The number of morpholine rings is 1. The molecule has 88 valence electrons. The molecule has 1 aliphatic heterocycles. The van der Waals surface area contributed by atoms with Gasteiger partial charge in [0.1, 0.15) is 0 Å². The zero-order chi connectivity index (χ0) is 11.5. The first-order valence-corrected chi connectivity index (χ1v) is 6.10. The maximum atomic E-state index is 5.36. The molecule has 1 heterocycles. The largest absolute Gasteiger partial charge is 0.378 e. The fourth-order valence-electron chi connectivity index (χ4n) is 2.33. The lowest BCUT2D eigenvalue weighted by atomic mass is 9.85. The van der Waals surface area contributed by atoms with Gasteiger partial charge in [0.25, 0.3) is 0 Å². The molecule has 0 aromatic heterocycles. The molecular weight excluding hydrogens is 198 g/mol. The molecule has 2 heteroatoms. The van der Waals surface area contributed by atoms with E-state index in [1.807, 2.05) is 0 Å². The molecule has 1 unspecified atom stereocenters. The van der Waals surface area contributed by atoms with E-state index in [0.29, 0.717) is 11.8 Å². The average molecular weight is 219 g/mol. The van der Waals surface area contributed by atoms with E-state index in [1.54, 1.807) is 0 Å². The van der Waals surface area contributed by atoms with Gasteiger partial charge < -0.3 is 9.64 Å². The van der Waals surface area contributed by atoms with Crippen LogP contribution in [0.1, 0.15) is 13.8 Å². The highest BCUT2D eigenvalue weighted by atomic mass is 16.5. The van der Waals surface area contributed by atoms with Crippen molar-refractivity contribution >= 4 is 0 Å². The van der Waals surface area contributed by atoms with Gasteiger partial charge in [-0.15, -0.1) is 0 Å². The molecule has 2 nitrogen and oxygen atoms in total. The van der Waals surface area contributed by atoms with Gasteiger partial charge in [0, 0.05) is 24.7 Å². The molecule has 2 aliphatic rings. The predicted molar refractivity (Wildman–Crippen MR) is 67.1 cm³/mol. The number of nitrogens with zero attached hydrogens (tertiary/aromatic N) is 1. The second-order valence-electron chi connectivity index (χ2n) is 4.87. The van der Waals surface area contributed by atoms with Gasteiger partial charge in [0.2, 0.25) is 0 Å². The molecule has 0 amide bonds. The first-order valence-electron chi connectivity index (χ1n) is 6.10. The second-order valence-corrected chi connectivity index (χ2v) is 4.87. The van der Waals surface area contributed by atoms with Crippen LogP contribution < -0.4 is 0 Å². The summed E-state index contributed by atoms with van der Waals surface area (Å²) < 4.78 is 5.36. The number of hydrogen-bond acceptors (Lipinski definition) is 2. The van der Waals surface area contributed by atoms with E-state index in [1.165, 1.54) is 11.3 Å². The normalized spacial score (nSPS) is 26.2. The van der Waals surface area contributed by atoms with Gasteiger partial charge in [-0.05, 0) is 23.6 Å². The molecule has 0 aromatic carbocycles. The topological polar surface area (TPSA) is 12.5 Å². The average Bonchev–Trinajstić information content (AvgIpc) is 2.29. The monoisotopic (exact) mass is 219 g/mol. The molecule has 0 N–H and O–H groups in total.